The van der Waals surface area contributed by atoms with Crippen LogP contribution in [0.4, 0.5) is 0 Å². The van der Waals surface area contributed by atoms with E-state index in [4.69, 9.17) is 14.0 Å². The molecule has 296 valence electrons. The molecule has 0 aliphatic carbocycles. The number of esters is 2. The number of ether oxygens (including phenoxy) is 2. The number of hydrogen-bond acceptors (Lipinski definition) is 7. The van der Waals surface area contributed by atoms with Crippen LogP contribution in [0.5, 0.6) is 0 Å². The second-order valence-electron chi connectivity index (χ2n) is 12.0. The molecule has 0 aromatic carbocycles. The zero-order chi connectivity index (χ0) is 38.9. The number of hydrogen-bond donors (Lipinski definition) is 1. The van der Waals surface area contributed by atoms with Crippen molar-refractivity contribution in [3.63, 3.8) is 0 Å². The second kappa shape index (κ2) is 38.2. The second-order valence-corrected chi connectivity index (χ2v) is 13.5. The van der Waals surface area contributed by atoms with Gasteiger partial charge in [-0.05, 0) is 83.5 Å². The smallest absolute Gasteiger partial charge is 0.461 e. The Balaban J connectivity index is 4.29. The fourth-order valence-corrected chi connectivity index (χ4v) is 4.80. The lowest BCUT2D eigenvalue weighted by Crippen LogP contribution is -2.29. The van der Waals surface area contributed by atoms with Crippen molar-refractivity contribution < 1.29 is 37.6 Å². The molecule has 0 aromatic heterocycles. The molecule has 9 heteroatoms. The molecule has 0 bridgehead atoms. The Kier molecular flexibility index (Phi) is 35.6. The molecule has 0 rings (SSSR count). The summed E-state index contributed by atoms with van der Waals surface area (Å²) in [6, 6.07) is 0. The van der Waals surface area contributed by atoms with E-state index in [9.17, 15) is 19.0 Å². The van der Waals surface area contributed by atoms with Gasteiger partial charge in [0.05, 0.1) is 13.0 Å². The van der Waals surface area contributed by atoms with E-state index in [2.05, 4.69) is 122 Å². The van der Waals surface area contributed by atoms with E-state index in [0.717, 1.165) is 84.2 Å². The number of allylic oxidation sites excluding steroid dienone is 19. The van der Waals surface area contributed by atoms with Gasteiger partial charge in [0.1, 0.15) is 6.61 Å². The minimum absolute atomic E-state index is 0.0451. The summed E-state index contributed by atoms with van der Waals surface area (Å²) in [6.45, 7) is 3.51. The Morgan fingerprint density at radius 2 is 0.962 bits per heavy atom. The van der Waals surface area contributed by atoms with Gasteiger partial charge in [0.15, 0.2) is 6.10 Å². The summed E-state index contributed by atoms with van der Waals surface area (Å²) in [4.78, 5) is 34.3. The standard InChI is InChI=1S/C44H67O8P/c1-4-6-8-10-12-14-16-18-20-21-22-23-25-27-29-31-33-35-37-39-44(46)52-42(41-51-53(47,48)49-3)40-50-43(45)38-36-34-32-30-28-26-24-19-17-15-13-11-9-7-5-2/h6-9,12-15,18-20,22-24,27-30,34,36,42H,4-5,10-11,16-17,21,25-26,31-33,35,37-41H2,1-3H3,(H,47,48)/b8-6-,9-7-,14-12-,15-13-,20-18-,23-22-,24-19-,29-27-,30-28-,36-34-. The zero-order valence-corrected chi connectivity index (χ0v) is 33.5. The predicted octanol–water partition coefficient (Wildman–Crippen LogP) is 12.0. The molecule has 2 atom stereocenters. The Morgan fingerprint density at radius 3 is 1.40 bits per heavy atom. The minimum atomic E-state index is -4.30. The molecular weight excluding hydrogens is 687 g/mol. The Labute approximate surface area is 321 Å². The van der Waals surface area contributed by atoms with Crippen LogP contribution in [-0.2, 0) is 32.7 Å². The number of phosphoric ester groups is 1. The first-order chi connectivity index (χ1) is 25.8. The number of rotatable bonds is 33. The molecular formula is C44H67O8P. The van der Waals surface area contributed by atoms with Crippen molar-refractivity contribution in [2.45, 2.75) is 123 Å². The molecule has 0 amide bonds. The summed E-state index contributed by atoms with van der Waals surface area (Å²) in [5.41, 5.74) is 0. The molecule has 0 saturated carbocycles. The molecule has 8 nitrogen and oxygen atoms in total. The van der Waals surface area contributed by atoms with Gasteiger partial charge in [-0.2, -0.15) is 0 Å². The van der Waals surface area contributed by atoms with Crippen LogP contribution in [-0.4, -0.2) is 43.3 Å². The largest absolute Gasteiger partial charge is 0.472 e. The molecule has 0 aliphatic rings. The number of carbonyl (C=O) groups excluding carboxylic acids is 2. The first-order valence-corrected chi connectivity index (χ1v) is 20.7. The van der Waals surface area contributed by atoms with Gasteiger partial charge in [0.25, 0.3) is 0 Å². The molecule has 0 fully saturated rings. The Hall–Kier alpha value is -3.55. The third-order valence-corrected chi connectivity index (χ3v) is 8.17. The van der Waals surface area contributed by atoms with Crippen LogP contribution < -0.4 is 0 Å². The van der Waals surface area contributed by atoms with Crippen LogP contribution in [0, 0.1) is 0 Å². The molecule has 0 aromatic rings. The van der Waals surface area contributed by atoms with Crippen molar-refractivity contribution in [1.82, 2.24) is 0 Å². The molecule has 1 N–H and O–H groups in total. The lowest BCUT2D eigenvalue weighted by Gasteiger charge is -2.19. The van der Waals surface area contributed by atoms with Gasteiger partial charge in [-0.3, -0.25) is 18.6 Å². The lowest BCUT2D eigenvalue weighted by atomic mass is 10.1. The highest BCUT2D eigenvalue weighted by Crippen LogP contribution is 2.42. The van der Waals surface area contributed by atoms with Crippen molar-refractivity contribution >= 4 is 19.8 Å². The van der Waals surface area contributed by atoms with Crippen LogP contribution in [0.25, 0.3) is 0 Å². The van der Waals surface area contributed by atoms with E-state index in [1.807, 2.05) is 12.2 Å². The highest BCUT2D eigenvalue weighted by Gasteiger charge is 2.24. The van der Waals surface area contributed by atoms with Crippen molar-refractivity contribution in [3.05, 3.63) is 122 Å². The summed E-state index contributed by atoms with van der Waals surface area (Å²) in [6.07, 6.45) is 54.2. The van der Waals surface area contributed by atoms with Crippen molar-refractivity contribution in [3.8, 4) is 0 Å². The van der Waals surface area contributed by atoms with Crippen LogP contribution in [0.2, 0.25) is 0 Å². The van der Waals surface area contributed by atoms with Crippen molar-refractivity contribution in [1.29, 1.82) is 0 Å². The van der Waals surface area contributed by atoms with E-state index in [-0.39, 0.29) is 19.4 Å². The van der Waals surface area contributed by atoms with E-state index in [1.165, 1.54) is 0 Å². The summed E-state index contributed by atoms with van der Waals surface area (Å²) in [5.74, 6) is -1.01. The van der Waals surface area contributed by atoms with Gasteiger partial charge >= 0.3 is 19.8 Å². The Bertz CT molecular complexity index is 1270. The average molecular weight is 755 g/mol. The molecule has 0 radical (unpaired) electrons. The summed E-state index contributed by atoms with van der Waals surface area (Å²) < 4.78 is 31.7. The summed E-state index contributed by atoms with van der Waals surface area (Å²) in [5, 5.41) is 0. The highest BCUT2D eigenvalue weighted by atomic mass is 31.2. The average Bonchev–Trinajstić information content (AvgIpc) is 3.15. The van der Waals surface area contributed by atoms with E-state index >= 15 is 0 Å². The van der Waals surface area contributed by atoms with Crippen LogP contribution >= 0.6 is 7.82 Å². The van der Waals surface area contributed by atoms with Gasteiger partial charge in [0, 0.05) is 13.5 Å². The fourth-order valence-electron chi connectivity index (χ4n) is 4.34. The van der Waals surface area contributed by atoms with Gasteiger partial charge in [0.2, 0.25) is 0 Å². The number of unbranched alkanes of at least 4 members (excludes halogenated alkanes) is 3. The molecule has 53 heavy (non-hydrogen) atoms. The predicted molar refractivity (Wildman–Crippen MR) is 220 cm³/mol. The first kappa shape index (κ1) is 49.5. The maximum atomic E-state index is 12.5. The highest BCUT2D eigenvalue weighted by molar-refractivity contribution is 7.47. The van der Waals surface area contributed by atoms with E-state index in [1.54, 1.807) is 6.08 Å². The van der Waals surface area contributed by atoms with E-state index in [0.29, 0.717) is 12.8 Å². The molecule has 0 heterocycles. The topological polar surface area (TPSA) is 108 Å². The molecule has 2 unspecified atom stereocenters. The van der Waals surface area contributed by atoms with Gasteiger partial charge < -0.3 is 14.4 Å². The maximum Gasteiger partial charge on any atom is 0.472 e. The zero-order valence-electron chi connectivity index (χ0n) is 32.6. The van der Waals surface area contributed by atoms with Gasteiger partial charge in [-0.15, -0.1) is 0 Å². The SMILES string of the molecule is CC/C=C\C/C=C\C/C=C\C/C=C\C/C=C\CCCCCC(=O)OC(COC(=O)C/C=C\C/C=C\C/C=C\C/C=C\C/C=C\CC)COP(=O)(O)OC. The fraction of sp³-hybridized carbons (Fsp3) is 0.500. The van der Waals surface area contributed by atoms with Crippen molar-refractivity contribution in [2.75, 3.05) is 20.3 Å². The quantitative estimate of drug-likeness (QED) is 0.0305. The third kappa shape index (κ3) is 38.0. The van der Waals surface area contributed by atoms with Crippen LogP contribution in [0.3, 0.4) is 0 Å². The molecule has 0 spiro atoms. The summed E-state index contributed by atoms with van der Waals surface area (Å²) >= 11 is 0. The molecule has 0 aliphatic heterocycles. The monoisotopic (exact) mass is 754 g/mol. The van der Waals surface area contributed by atoms with E-state index < -0.39 is 32.5 Å². The van der Waals surface area contributed by atoms with Crippen LogP contribution in [0.1, 0.15) is 117 Å². The van der Waals surface area contributed by atoms with Crippen molar-refractivity contribution in [2.24, 2.45) is 0 Å². The molecule has 0 saturated heterocycles. The number of carbonyl (C=O) groups is 2. The van der Waals surface area contributed by atoms with Crippen LogP contribution in [0.15, 0.2) is 122 Å². The maximum absolute atomic E-state index is 12.5. The van der Waals surface area contributed by atoms with Gasteiger partial charge in [-0.1, -0.05) is 142 Å². The summed E-state index contributed by atoms with van der Waals surface area (Å²) in [7, 11) is -3.26. The minimum Gasteiger partial charge on any atom is -0.461 e. The number of phosphoric acid groups is 1. The third-order valence-electron chi connectivity index (χ3n) is 7.23. The normalized spacial score (nSPS) is 14.7. The lowest BCUT2D eigenvalue weighted by molar-refractivity contribution is -0.160. The first-order valence-electron chi connectivity index (χ1n) is 19.2. The van der Waals surface area contributed by atoms with Gasteiger partial charge in [-0.25, -0.2) is 4.57 Å². The Morgan fingerprint density at radius 1 is 0.547 bits per heavy atom.